The highest BCUT2D eigenvalue weighted by Gasteiger charge is 2.42. The van der Waals surface area contributed by atoms with Crippen LogP contribution in [0.15, 0.2) is 41.2 Å². The van der Waals surface area contributed by atoms with Crippen LogP contribution in [-0.4, -0.2) is 60.6 Å². The zero-order chi connectivity index (χ0) is 19.7. The molecule has 0 amide bonds. The molecule has 1 spiro atoms. The van der Waals surface area contributed by atoms with Crippen LogP contribution in [0.5, 0.6) is 5.75 Å². The van der Waals surface area contributed by atoms with Gasteiger partial charge in [-0.1, -0.05) is 13.0 Å². The second-order valence-electron chi connectivity index (χ2n) is 9.21. The van der Waals surface area contributed by atoms with Gasteiger partial charge in [-0.2, -0.15) is 0 Å². The molecule has 156 valence electrons. The summed E-state index contributed by atoms with van der Waals surface area (Å²) in [4.78, 5) is 7.74. The summed E-state index contributed by atoms with van der Waals surface area (Å²) in [5.41, 5.74) is 4.51. The predicted octanol–water partition coefficient (Wildman–Crippen LogP) is 3.59. The minimum Gasteiger partial charge on any atom is -0.492 e. The summed E-state index contributed by atoms with van der Waals surface area (Å²) in [5.74, 6) is 1.05. The molecule has 5 nitrogen and oxygen atoms in total. The number of benzene rings is 1. The van der Waals surface area contributed by atoms with Gasteiger partial charge in [0.25, 0.3) is 0 Å². The van der Waals surface area contributed by atoms with Crippen molar-refractivity contribution in [1.29, 1.82) is 0 Å². The van der Waals surface area contributed by atoms with Gasteiger partial charge in [0.2, 0.25) is 0 Å². The monoisotopic (exact) mass is 395 g/mol. The molecule has 0 saturated carbocycles. The second-order valence-corrected chi connectivity index (χ2v) is 9.21. The maximum absolute atomic E-state index is 6.04. The minimum atomic E-state index is 0.548. The predicted molar refractivity (Wildman–Crippen MR) is 114 cm³/mol. The zero-order valence-corrected chi connectivity index (χ0v) is 17.6. The van der Waals surface area contributed by atoms with E-state index < -0.39 is 0 Å². The molecule has 2 fully saturated rings. The van der Waals surface area contributed by atoms with Gasteiger partial charge in [0, 0.05) is 50.4 Å². The minimum absolute atomic E-state index is 0.548. The van der Waals surface area contributed by atoms with Gasteiger partial charge in [0.15, 0.2) is 0 Å². The lowest BCUT2D eigenvalue weighted by Crippen LogP contribution is -2.30. The summed E-state index contributed by atoms with van der Waals surface area (Å²) >= 11 is 0. The van der Waals surface area contributed by atoms with Crippen molar-refractivity contribution in [3.8, 4) is 5.75 Å². The maximum Gasteiger partial charge on any atom is 0.123 e. The van der Waals surface area contributed by atoms with E-state index >= 15 is 0 Å². The molecule has 5 rings (SSSR count). The molecule has 1 atom stereocenters. The van der Waals surface area contributed by atoms with Crippen molar-refractivity contribution in [3.05, 3.63) is 53.5 Å². The first-order valence-electron chi connectivity index (χ1n) is 11.1. The Morgan fingerprint density at radius 2 is 1.76 bits per heavy atom. The molecular weight excluding hydrogens is 362 g/mol. The molecule has 5 heteroatoms. The van der Waals surface area contributed by atoms with Crippen molar-refractivity contribution in [2.45, 2.75) is 39.4 Å². The third kappa shape index (κ3) is 4.23. The number of hydrogen-bond donors (Lipinski definition) is 0. The molecular formula is C24H33N3O2. The Morgan fingerprint density at radius 1 is 0.931 bits per heavy atom. The molecule has 0 bridgehead atoms. The number of nitrogens with zero attached hydrogens (tertiary/aromatic N) is 3. The summed E-state index contributed by atoms with van der Waals surface area (Å²) in [7, 11) is 0. The molecule has 29 heavy (non-hydrogen) atoms. The molecule has 3 aliphatic rings. The Balaban J connectivity index is 1.24. The van der Waals surface area contributed by atoms with Gasteiger partial charge in [0.1, 0.15) is 12.4 Å². The maximum atomic E-state index is 6.04. The fourth-order valence-electron chi connectivity index (χ4n) is 5.43. The van der Waals surface area contributed by atoms with Gasteiger partial charge in [-0.15, -0.1) is 0 Å². The van der Waals surface area contributed by atoms with Crippen LogP contribution in [-0.2, 0) is 19.6 Å². The van der Waals surface area contributed by atoms with Crippen LogP contribution in [0.3, 0.4) is 0 Å². The zero-order valence-electron chi connectivity index (χ0n) is 17.6. The number of hydrogen-bond acceptors (Lipinski definition) is 5. The van der Waals surface area contributed by atoms with E-state index in [4.69, 9.17) is 9.15 Å². The molecule has 2 aromatic rings. The Hall–Kier alpha value is -1.82. The lowest BCUT2D eigenvalue weighted by atomic mass is 9.86. The number of fused-ring (bicyclic) bond motifs is 1. The number of likely N-dealkylation sites (tertiary alicyclic amines) is 2. The summed E-state index contributed by atoms with van der Waals surface area (Å²) in [5, 5.41) is 0. The van der Waals surface area contributed by atoms with Gasteiger partial charge < -0.3 is 14.1 Å². The lowest BCUT2D eigenvalue weighted by Gasteiger charge is -2.25. The van der Waals surface area contributed by atoms with E-state index in [0.717, 1.165) is 38.5 Å². The van der Waals surface area contributed by atoms with Crippen LogP contribution < -0.4 is 4.74 Å². The van der Waals surface area contributed by atoms with Crippen molar-refractivity contribution < 1.29 is 9.15 Å². The van der Waals surface area contributed by atoms with E-state index in [1.165, 1.54) is 62.3 Å². The molecule has 1 unspecified atom stereocenters. The first-order valence-corrected chi connectivity index (χ1v) is 11.1. The molecule has 1 aromatic heterocycles. The average molecular weight is 396 g/mol. The van der Waals surface area contributed by atoms with Gasteiger partial charge in [-0.25, -0.2) is 0 Å². The van der Waals surface area contributed by atoms with Crippen LogP contribution in [0.2, 0.25) is 0 Å². The van der Waals surface area contributed by atoms with Gasteiger partial charge >= 0.3 is 0 Å². The number of rotatable bonds is 5. The van der Waals surface area contributed by atoms with Crippen molar-refractivity contribution in [3.63, 3.8) is 0 Å². The van der Waals surface area contributed by atoms with Crippen LogP contribution in [0.25, 0.3) is 0 Å². The number of furan rings is 1. The molecule has 3 aliphatic heterocycles. The summed E-state index contributed by atoms with van der Waals surface area (Å²) in [6.07, 6.45) is 6.33. The van der Waals surface area contributed by atoms with E-state index in [9.17, 15) is 0 Å². The largest absolute Gasteiger partial charge is 0.492 e. The van der Waals surface area contributed by atoms with Crippen molar-refractivity contribution in [2.75, 3.05) is 45.9 Å². The van der Waals surface area contributed by atoms with E-state index in [-0.39, 0.29) is 0 Å². The highest BCUT2D eigenvalue weighted by Crippen LogP contribution is 2.40. The molecule has 0 N–H and O–H groups in total. The van der Waals surface area contributed by atoms with E-state index in [0.29, 0.717) is 5.41 Å². The fourth-order valence-corrected chi connectivity index (χ4v) is 5.43. The van der Waals surface area contributed by atoms with E-state index in [1.807, 2.05) is 6.26 Å². The highest BCUT2D eigenvalue weighted by molar-refractivity contribution is 5.38. The Labute approximate surface area is 174 Å². The van der Waals surface area contributed by atoms with Crippen LogP contribution >= 0.6 is 0 Å². The second kappa shape index (κ2) is 8.13. The summed E-state index contributed by atoms with van der Waals surface area (Å²) in [6, 6.07) is 8.88. The average Bonchev–Trinajstić information content (AvgIpc) is 3.43. The topological polar surface area (TPSA) is 32.1 Å². The first-order chi connectivity index (χ1) is 14.2. The molecule has 0 aliphatic carbocycles. The van der Waals surface area contributed by atoms with E-state index in [2.05, 4.69) is 45.9 Å². The smallest absolute Gasteiger partial charge is 0.123 e. The SMILES string of the molecule is CCN1CCC2(CCN(Cc3ccc4c(c3)CN(Cc3ccoc3)CCO4)C2)C1. The molecule has 0 radical (unpaired) electrons. The highest BCUT2D eigenvalue weighted by atomic mass is 16.5. The van der Waals surface area contributed by atoms with Crippen LogP contribution in [0, 0.1) is 5.41 Å². The van der Waals surface area contributed by atoms with Gasteiger partial charge in [0.05, 0.1) is 12.5 Å². The summed E-state index contributed by atoms with van der Waals surface area (Å²) < 4.78 is 11.3. The number of ether oxygens (including phenoxy) is 1. The lowest BCUT2D eigenvalue weighted by molar-refractivity contribution is 0.219. The van der Waals surface area contributed by atoms with Crippen molar-refractivity contribution >= 4 is 0 Å². The van der Waals surface area contributed by atoms with Crippen molar-refractivity contribution in [2.24, 2.45) is 5.41 Å². The fraction of sp³-hybridized carbons (Fsp3) is 0.583. The van der Waals surface area contributed by atoms with E-state index in [1.54, 1.807) is 6.26 Å². The Morgan fingerprint density at radius 3 is 2.55 bits per heavy atom. The molecule has 4 heterocycles. The van der Waals surface area contributed by atoms with Crippen molar-refractivity contribution in [1.82, 2.24) is 14.7 Å². The standard InChI is InChI=1S/C24H33N3O2/c1-2-25-8-6-24(18-25)7-9-27(19-24)14-20-3-4-23-22(13-20)16-26(10-12-29-23)15-21-5-11-28-17-21/h3-5,11,13,17H,2,6-10,12,14-16,18-19H2,1H3. The van der Waals surface area contributed by atoms with Gasteiger partial charge in [-0.05, 0) is 61.7 Å². The van der Waals surface area contributed by atoms with Crippen LogP contribution in [0.4, 0.5) is 0 Å². The first kappa shape index (κ1) is 19.2. The Bertz CT molecular complexity index is 822. The molecule has 1 aromatic carbocycles. The Kier molecular flexibility index (Phi) is 5.37. The third-order valence-electron chi connectivity index (χ3n) is 7.06. The normalized spacial score (nSPS) is 26.0. The third-order valence-corrected chi connectivity index (χ3v) is 7.06. The quantitative estimate of drug-likeness (QED) is 0.772. The van der Waals surface area contributed by atoms with Crippen LogP contribution in [0.1, 0.15) is 36.5 Å². The van der Waals surface area contributed by atoms with Gasteiger partial charge in [-0.3, -0.25) is 9.80 Å². The molecule has 2 saturated heterocycles. The summed E-state index contributed by atoms with van der Waals surface area (Å²) in [6.45, 7) is 13.1.